The molecule has 3 rings (SSSR count). The molecule has 0 bridgehead atoms. The van der Waals surface area contributed by atoms with Gasteiger partial charge >= 0.3 is 0 Å². The highest BCUT2D eigenvalue weighted by Gasteiger charge is 2.35. The van der Waals surface area contributed by atoms with Crippen molar-refractivity contribution in [3.63, 3.8) is 0 Å². The van der Waals surface area contributed by atoms with Gasteiger partial charge in [-0.05, 0) is 24.3 Å². The Bertz CT molecular complexity index is 776. The maximum absolute atomic E-state index is 13.9. The van der Waals surface area contributed by atoms with Crippen LogP contribution in [-0.2, 0) is 6.54 Å². The fourth-order valence-corrected chi connectivity index (χ4v) is 2.66. The molecule has 0 saturated carbocycles. The third kappa shape index (κ3) is 2.21. The molecule has 1 heterocycles. The van der Waals surface area contributed by atoms with Crippen LogP contribution in [0.1, 0.15) is 26.3 Å². The van der Waals surface area contributed by atoms with Crippen LogP contribution in [0.3, 0.4) is 0 Å². The zero-order chi connectivity index (χ0) is 15.1. The molecule has 0 spiro atoms. The number of amides is 2. The van der Waals surface area contributed by atoms with Crippen molar-refractivity contribution < 1.29 is 14.0 Å². The van der Waals surface area contributed by atoms with Crippen LogP contribution >= 0.6 is 15.9 Å². The average Bonchev–Trinajstić information content (AvgIpc) is 2.68. The smallest absolute Gasteiger partial charge is 0.261 e. The van der Waals surface area contributed by atoms with Crippen molar-refractivity contribution in [2.75, 3.05) is 5.73 Å². The molecule has 0 atom stereocenters. The number of carbonyl (C=O) groups is 2. The van der Waals surface area contributed by atoms with Gasteiger partial charge in [-0.2, -0.15) is 0 Å². The number of imide groups is 1. The van der Waals surface area contributed by atoms with Gasteiger partial charge in [-0.3, -0.25) is 14.5 Å². The van der Waals surface area contributed by atoms with Crippen molar-refractivity contribution in [1.29, 1.82) is 0 Å². The first-order chi connectivity index (χ1) is 9.99. The molecule has 0 aliphatic carbocycles. The van der Waals surface area contributed by atoms with Crippen LogP contribution in [0.5, 0.6) is 0 Å². The van der Waals surface area contributed by atoms with Gasteiger partial charge in [-0.25, -0.2) is 4.39 Å². The lowest BCUT2D eigenvalue weighted by Gasteiger charge is -2.14. The first-order valence-corrected chi connectivity index (χ1v) is 6.97. The standard InChI is InChI=1S/C15H10BrFN2O2/c16-9-4-5-10-11(6-9)15(21)19(14(10)20)7-8-2-1-3-12(18)13(8)17/h1-6H,7,18H2. The van der Waals surface area contributed by atoms with E-state index in [9.17, 15) is 14.0 Å². The summed E-state index contributed by atoms with van der Waals surface area (Å²) < 4.78 is 14.6. The summed E-state index contributed by atoms with van der Waals surface area (Å²) in [5.74, 6) is -1.46. The van der Waals surface area contributed by atoms with Crippen LogP contribution in [0.2, 0.25) is 0 Å². The van der Waals surface area contributed by atoms with Gasteiger partial charge in [0.15, 0.2) is 5.82 Å². The zero-order valence-corrected chi connectivity index (χ0v) is 12.4. The average molecular weight is 349 g/mol. The lowest BCUT2D eigenvalue weighted by molar-refractivity contribution is 0.0641. The summed E-state index contributed by atoms with van der Waals surface area (Å²) >= 11 is 3.26. The maximum atomic E-state index is 13.9. The Morgan fingerprint density at radius 3 is 2.57 bits per heavy atom. The van der Waals surface area contributed by atoms with Crippen LogP contribution < -0.4 is 5.73 Å². The Kier molecular flexibility index (Phi) is 3.25. The number of benzene rings is 2. The molecule has 0 unspecified atom stereocenters. The Morgan fingerprint density at radius 2 is 1.81 bits per heavy atom. The van der Waals surface area contributed by atoms with Gasteiger partial charge in [-0.1, -0.05) is 28.1 Å². The molecule has 0 radical (unpaired) electrons. The molecule has 0 aromatic heterocycles. The summed E-state index contributed by atoms with van der Waals surface area (Å²) in [7, 11) is 0. The topological polar surface area (TPSA) is 63.4 Å². The van der Waals surface area contributed by atoms with Crippen molar-refractivity contribution in [2.45, 2.75) is 6.54 Å². The number of nitrogen functional groups attached to an aromatic ring is 1. The predicted molar refractivity (Wildman–Crippen MR) is 79.2 cm³/mol. The molecule has 1 aliphatic heterocycles. The summed E-state index contributed by atoms with van der Waals surface area (Å²) in [5.41, 5.74) is 6.35. The number of nitrogens with zero attached hydrogens (tertiary/aromatic N) is 1. The summed E-state index contributed by atoms with van der Waals surface area (Å²) in [6, 6.07) is 9.38. The lowest BCUT2D eigenvalue weighted by Crippen LogP contribution is -2.29. The highest BCUT2D eigenvalue weighted by molar-refractivity contribution is 9.10. The van der Waals surface area contributed by atoms with Gasteiger partial charge in [0, 0.05) is 10.0 Å². The number of hydrogen-bond donors (Lipinski definition) is 1. The number of anilines is 1. The van der Waals surface area contributed by atoms with E-state index < -0.39 is 17.6 Å². The Labute approximate surface area is 128 Å². The first kappa shape index (κ1) is 13.8. The van der Waals surface area contributed by atoms with E-state index >= 15 is 0 Å². The molecule has 106 valence electrons. The van der Waals surface area contributed by atoms with E-state index in [1.54, 1.807) is 24.3 Å². The summed E-state index contributed by atoms with van der Waals surface area (Å²) in [6.07, 6.45) is 0. The van der Waals surface area contributed by atoms with Crippen LogP contribution in [0, 0.1) is 5.82 Å². The fraction of sp³-hybridized carbons (Fsp3) is 0.0667. The summed E-state index contributed by atoms with van der Waals surface area (Å²) in [6.45, 7) is -0.138. The van der Waals surface area contributed by atoms with E-state index in [1.807, 2.05) is 0 Å². The number of fused-ring (bicyclic) bond motifs is 1. The molecule has 2 aromatic rings. The third-order valence-corrected chi connectivity index (χ3v) is 3.86. The van der Waals surface area contributed by atoms with Gasteiger partial charge in [0.25, 0.3) is 11.8 Å². The molecular weight excluding hydrogens is 339 g/mol. The monoisotopic (exact) mass is 348 g/mol. The van der Waals surface area contributed by atoms with E-state index in [0.29, 0.717) is 15.6 Å². The van der Waals surface area contributed by atoms with E-state index in [2.05, 4.69) is 15.9 Å². The largest absolute Gasteiger partial charge is 0.396 e. The van der Waals surface area contributed by atoms with E-state index in [4.69, 9.17) is 5.73 Å². The number of carbonyl (C=O) groups excluding carboxylic acids is 2. The maximum Gasteiger partial charge on any atom is 0.261 e. The molecule has 4 nitrogen and oxygen atoms in total. The SMILES string of the molecule is Nc1cccc(CN2C(=O)c3ccc(Br)cc3C2=O)c1F. The van der Waals surface area contributed by atoms with Gasteiger partial charge < -0.3 is 5.73 Å². The van der Waals surface area contributed by atoms with Crippen LogP contribution in [-0.4, -0.2) is 16.7 Å². The van der Waals surface area contributed by atoms with Crippen molar-refractivity contribution >= 4 is 33.4 Å². The van der Waals surface area contributed by atoms with Crippen molar-refractivity contribution in [2.24, 2.45) is 0 Å². The Morgan fingerprint density at radius 1 is 1.10 bits per heavy atom. The molecule has 2 aromatic carbocycles. The second-order valence-electron chi connectivity index (χ2n) is 4.71. The minimum absolute atomic E-state index is 0.00754. The summed E-state index contributed by atoms with van der Waals surface area (Å²) in [5, 5.41) is 0. The van der Waals surface area contributed by atoms with Crippen molar-refractivity contribution in [3.8, 4) is 0 Å². The normalized spacial score (nSPS) is 13.7. The number of halogens is 2. The van der Waals surface area contributed by atoms with E-state index in [0.717, 1.165) is 4.90 Å². The highest BCUT2D eigenvalue weighted by atomic mass is 79.9. The number of hydrogen-bond acceptors (Lipinski definition) is 3. The molecule has 2 N–H and O–H groups in total. The van der Waals surface area contributed by atoms with E-state index in [-0.39, 0.29) is 17.8 Å². The fourth-order valence-electron chi connectivity index (χ4n) is 2.30. The Balaban J connectivity index is 1.97. The predicted octanol–water partition coefficient (Wildman–Crippen LogP) is 2.97. The molecular formula is C15H10BrFN2O2. The van der Waals surface area contributed by atoms with Crippen molar-refractivity contribution in [3.05, 3.63) is 63.4 Å². The van der Waals surface area contributed by atoms with Crippen LogP contribution in [0.25, 0.3) is 0 Å². The first-order valence-electron chi connectivity index (χ1n) is 6.17. The second-order valence-corrected chi connectivity index (χ2v) is 5.62. The highest BCUT2D eigenvalue weighted by Crippen LogP contribution is 2.28. The van der Waals surface area contributed by atoms with Crippen LogP contribution in [0.4, 0.5) is 10.1 Å². The third-order valence-electron chi connectivity index (χ3n) is 3.37. The molecule has 0 fully saturated rings. The minimum Gasteiger partial charge on any atom is -0.396 e. The molecule has 1 aliphatic rings. The lowest BCUT2D eigenvalue weighted by atomic mass is 10.1. The van der Waals surface area contributed by atoms with Gasteiger partial charge in [-0.15, -0.1) is 0 Å². The summed E-state index contributed by atoms with van der Waals surface area (Å²) in [4.78, 5) is 25.6. The van der Waals surface area contributed by atoms with Gasteiger partial charge in [0.1, 0.15) is 0 Å². The Hall–Kier alpha value is -2.21. The van der Waals surface area contributed by atoms with Crippen molar-refractivity contribution in [1.82, 2.24) is 4.90 Å². The second kappa shape index (κ2) is 4.96. The molecule has 6 heteroatoms. The van der Waals surface area contributed by atoms with Gasteiger partial charge in [0.2, 0.25) is 0 Å². The molecule has 21 heavy (non-hydrogen) atoms. The molecule has 0 saturated heterocycles. The number of rotatable bonds is 2. The zero-order valence-electron chi connectivity index (χ0n) is 10.8. The van der Waals surface area contributed by atoms with Crippen LogP contribution in [0.15, 0.2) is 40.9 Å². The van der Waals surface area contributed by atoms with E-state index in [1.165, 1.54) is 12.1 Å². The quantitative estimate of drug-likeness (QED) is 0.670. The minimum atomic E-state index is -0.602. The number of nitrogens with two attached hydrogens (primary N) is 1. The van der Waals surface area contributed by atoms with Gasteiger partial charge in [0.05, 0.1) is 23.4 Å². The molecule has 2 amide bonds.